The van der Waals surface area contributed by atoms with Crippen molar-refractivity contribution >= 4 is 31.0 Å². The first-order chi connectivity index (χ1) is 14.3. The zero-order valence-electron chi connectivity index (χ0n) is 18.8. The summed E-state index contributed by atoms with van der Waals surface area (Å²) in [5.41, 5.74) is 0.468. The molecule has 4 fully saturated rings. The summed E-state index contributed by atoms with van der Waals surface area (Å²) in [6.45, 7) is 6.87. The normalized spacial score (nSPS) is 45.4. The third kappa shape index (κ3) is 2.87. The van der Waals surface area contributed by atoms with Crippen LogP contribution in [0.25, 0.3) is 0 Å². The number of fused-ring (bicyclic) bond motifs is 5. The summed E-state index contributed by atoms with van der Waals surface area (Å²) in [6.07, 6.45) is 9.97. The van der Waals surface area contributed by atoms with E-state index in [-0.39, 0.29) is 15.6 Å². The van der Waals surface area contributed by atoms with Gasteiger partial charge in [0.2, 0.25) is 0 Å². The van der Waals surface area contributed by atoms with Gasteiger partial charge in [-0.15, -0.1) is 0 Å². The second kappa shape index (κ2) is 7.31. The van der Waals surface area contributed by atoms with Gasteiger partial charge in [0.15, 0.2) is 0 Å². The average molecular weight is 472 g/mol. The Morgan fingerprint density at radius 3 is 2.47 bits per heavy atom. The van der Waals surface area contributed by atoms with Crippen LogP contribution >= 0.6 is 0 Å². The molecular formula is C27H36O2Se. The van der Waals surface area contributed by atoms with Crippen molar-refractivity contribution in [1.29, 1.82) is 0 Å². The second-order valence-corrected chi connectivity index (χ2v) is 14.1. The molecule has 0 bridgehead atoms. The number of benzene rings is 1. The van der Waals surface area contributed by atoms with Crippen LogP contribution in [0.1, 0.15) is 78.6 Å². The van der Waals surface area contributed by atoms with Crippen molar-refractivity contribution < 1.29 is 9.59 Å². The molecule has 0 aromatic heterocycles. The van der Waals surface area contributed by atoms with Crippen LogP contribution < -0.4 is 4.46 Å². The minimum atomic E-state index is 0.142. The van der Waals surface area contributed by atoms with E-state index in [1.165, 1.54) is 36.6 Å². The first kappa shape index (κ1) is 21.0. The molecule has 30 heavy (non-hydrogen) atoms. The van der Waals surface area contributed by atoms with Gasteiger partial charge < -0.3 is 0 Å². The number of hydrogen-bond acceptors (Lipinski definition) is 2. The minimum absolute atomic E-state index is 0.142. The molecule has 1 aromatic carbocycles. The molecule has 4 aliphatic rings. The van der Waals surface area contributed by atoms with Gasteiger partial charge in [-0.3, -0.25) is 0 Å². The van der Waals surface area contributed by atoms with Crippen LogP contribution in [0.4, 0.5) is 0 Å². The molecule has 162 valence electrons. The number of carbonyl (C=O) groups excluding carboxylic acids is 2. The van der Waals surface area contributed by atoms with Gasteiger partial charge in [-0.1, -0.05) is 0 Å². The van der Waals surface area contributed by atoms with E-state index in [0.717, 1.165) is 37.5 Å². The Balaban J connectivity index is 1.58. The van der Waals surface area contributed by atoms with Crippen LogP contribution in [0.3, 0.4) is 0 Å². The van der Waals surface area contributed by atoms with Gasteiger partial charge in [-0.25, -0.2) is 0 Å². The van der Waals surface area contributed by atoms with Crippen molar-refractivity contribution in [1.82, 2.24) is 0 Å². The summed E-state index contributed by atoms with van der Waals surface area (Å²) in [4.78, 5) is 25.0. The summed E-state index contributed by atoms with van der Waals surface area (Å²) in [5.74, 6) is 3.20. The van der Waals surface area contributed by atoms with Crippen LogP contribution in [-0.4, -0.2) is 26.5 Å². The van der Waals surface area contributed by atoms with E-state index in [1.54, 1.807) is 0 Å². The van der Waals surface area contributed by atoms with Crippen molar-refractivity contribution in [3.05, 3.63) is 30.3 Å². The van der Waals surface area contributed by atoms with Crippen molar-refractivity contribution in [3.63, 3.8) is 0 Å². The van der Waals surface area contributed by atoms with E-state index in [2.05, 4.69) is 44.2 Å². The summed E-state index contributed by atoms with van der Waals surface area (Å²) >= 11 is 0.379. The number of hydrogen-bond donors (Lipinski definition) is 0. The van der Waals surface area contributed by atoms with Gasteiger partial charge >= 0.3 is 188 Å². The molecule has 1 aromatic rings. The zero-order chi connectivity index (χ0) is 21.1. The van der Waals surface area contributed by atoms with Crippen molar-refractivity contribution in [2.75, 3.05) is 0 Å². The monoisotopic (exact) mass is 472 g/mol. The van der Waals surface area contributed by atoms with Crippen molar-refractivity contribution in [3.8, 4) is 0 Å². The van der Waals surface area contributed by atoms with Crippen LogP contribution in [0.2, 0.25) is 4.31 Å². The predicted octanol–water partition coefficient (Wildman–Crippen LogP) is 5.38. The first-order valence-corrected chi connectivity index (χ1v) is 13.8. The Bertz CT molecular complexity index is 850. The molecule has 0 heterocycles. The molecule has 4 aliphatic carbocycles. The molecule has 0 radical (unpaired) electrons. The number of carbonyl (C=O) groups is 2. The van der Waals surface area contributed by atoms with E-state index in [1.807, 2.05) is 6.92 Å². The van der Waals surface area contributed by atoms with Crippen LogP contribution in [0, 0.1) is 34.5 Å². The Hall–Kier alpha value is -0.921. The molecule has 0 saturated heterocycles. The Kier molecular flexibility index (Phi) is 5.10. The Morgan fingerprint density at radius 1 is 0.967 bits per heavy atom. The second-order valence-electron chi connectivity index (χ2n) is 11.2. The van der Waals surface area contributed by atoms with Gasteiger partial charge in [0, 0.05) is 0 Å². The van der Waals surface area contributed by atoms with Gasteiger partial charge in [0.1, 0.15) is 0 Å². The standard InChI is InChI=1S/C27H36O2Se/c1-18(28)22-13-16-27(30-21-7-5-4-6-8-21)24-10-9-19-17-20(29)11-14-25(19,2)23(24)12-15-26(22,27)3/h4-8,19,22-24H,9-17H2,1-3H3/t19-,22-,23+,24-,25+,26-,27-/m1/s1. The fraction of sp³-hybridized carbons (Fsp3) is 0.704. The van der Waals surface area contributed by atoms with Gasteiger partial charge in [-0.2, -0.15) is 0 Å². The molecule has 0 amide bonds. The quantitative estimate of drug-likeness (QED) is 0.555. The molecule has 3 heteroatoms. The third-order valence-electron chi connectivity index (χ3n) is 10.2. The van der Waals surface area contributed by atoms with Gasteiger partial charge in [0.05, 0.1) is 0 Å². The van der Waals surface area contributed by atoms with Gasteiger partial charge in [0.25, 0.3) is 0 Å². The average Bonchev–Trinajstić information content (AvgIpc) is 3.02. The molecule has 7 atom stereocenters. The van der Waals surface area contributed by atoms with E-state index < -0.39 is 0 Å². The molecule has 5 rings (SSSR count). The molecule has 0 spiro atoms. The first-order valence-electron chi connectivity index (χ1n) is 12.1. The zero-order valence-corrected chi connectivity index (χ0v) is 20.5. The number of rotatable bonds is 3. The van der Waals surface area contributed by atoms with E-state index in [4.69, 9.17) is 0 Å². The Morgan fingerprint density at radius 2 is 1.73 bits per heavy atom. The number of ketones is 2. The molecular weight excluding hydrogens is 435 g/mol. The third-order valence-corrected chi connectivity index (χ3v) is 14.0. The van der Waals surface area contributed by atoms with Crippen LogP contribution in [0.5, 0.6) is 0 Å². The fourth-order valence-corrected chi connectivity index (χ4v) is 12.4. The number of Topliss-reactive ketones (excluding diaryl/α,β-unsaturated/α-hetero) is 2. The molecule has 0 unspecified atom stereocenters. The fourth-order valence-electron chi connectivity index (χ4n) is 8.58. The summed E-state index contributed by atoms with van der Waals surface area (Å²) in [5, 5.41) is 0. The SMILES string of the molecule is CC(=O)[C@H]1CC[C@@]2([Se]c3ccccc3)[C@@H]3CC[C@@H]4CC(=O)CC[C@]4(C)[C@H]3CC[C@]12C. The van der Waals surface area contributed by atoms with Crippen LogP contribution in [-0.2, 0) is 9.59 Å². The van der Waals surface area contributed by atoms with Gasteiger partial charge in [-0.05, 0) is 0 Å². The topological polar surface area (TPSA) is 34.1 Å². The Labute approximate surface area is 188 Å². The van der Waals surface area contributed by atoms with Crippen molar-refractivity contribution in [2.45, 2.75) is 82.9 Å². The van der Waals surface area contributed by atoms with E-state index in [9.17, 15) is 9.59 Å². The molecule has 4 saturated carbocycles. The summed E-state index contributed by atoms with van der Waals surface area (Å²) in [7, 11) is 0. The van der Waals surface area contributed by atoms with Crippen molar-refractivity contribution in [2.24, 2.45) is 34.5 Å². The molecule has 2 nitrogen and oxygen atoms in total. The summed E-state index contributed by atoms with van der Waals surface area (Å²) < 4.78 is 1.79. The molecule has 0 N–H and O–H groups in total. The van der Waals surface area contributed by atoms with E-state index in [0.29, 0.717) is 37.9 Å². The predicted molar refractivity (Wildman–Crippen MR) is 122 cm³/mol. The summed E-state index contributed by atoms with van der Waals surface area (Å²) in [6, 6.07) is 11.2. The van der Waals surface area contributed by atoms with Crippen LogP contribution in [0.15, 0.2) is 30.3 Å². The maximum atomic E-state index is 12.8. The molecule has 0 aliphatic heterocycles. The van der Waals surface area contributed by atoms with E-state index >= 15 is 0 Å². The maximum absolute atomic E-state index is 12.8.